The minimum absolute atomic E-state index is 0.128. The number of rotatable bonds is 1. The van der Waals surface area contributed by atoms with Crippen molar-refractivity contribution >= 4 is 0 Å². The van der Waals surface area contributed by atoms with Gasteiger partial charge in [-0.1, -0.05) is 0 Å². The highest BCUT2D eigenvalue weighted by molar-refractivity contribution is 5.38. The van der Waals surface area contributed by atoms with Gasteiger partial charge >= 0.3 is 0 Å². The van der Waals surface area contributed by atoms with E-state index in [1.54, 1.807) is 6.07 Å². The SMILES string of the molecule is NC1CC(C2CCOCC2)Oc2ccc(F)cc21. The molecule has 1 aromatic carbocycles. The van der Waals surface area contributed by atoms with Crippen molar-refractivity contribution in [3.8, 4) is 5.75 Å². The summed E-state index contributed by atoms with van der Waals surface area (Å²) in [7, 11) is 0. The Morgan fingerprint density at radius 1 is 1.22 bits per heavy atom. The Bertz CT molecular complexity index is 432. The predicted octanol–water partition coefficient (Wildman–Crippen LogP) is 2.40. The largest absolute Gasteiger partial charge is 0.490 e. The summed E-state index contributed by atoms with van der Waals surface area (Å²) < 4.78 is 24.6. The van der Waals surface area contributed by atoms with Gasteiger partial charge in [0.05, 0.1) is 0 Å². The minimum atomic E-state index is -0.252. The number of fused-ring (bicyclic) bond motifs is 1. The van der Waals surface area contributed by atoms with Crippen LogP contribution >= 0.6 is 0 Å². The lowest BCUT2D eigenvalue weighted by Crippen LogP contribution is -2.37. The van der Waals surface area contributed by atoms with E-state index in [0.717, 1.165) is 43.8 Å². The van der Waals surface area contributed by atoms with Crippen molar-refractivity contribution in [1.29, 1.82) is 0 Å². The molecular formula is C14H18FNO2. The summed E-state index contributed by atoms with van der Waals surface area (Å²) in [6.45, 7) is 1.60. The lowest BCUT2D eigenvalue weighted by Gasteiger charge is -2.36. The molecule has 2 N–H and O–H groups in total. The Morgan fingerprint density at radius 2 is 2.00 bits per heavy atom. The van der Waals surface area contributed by atoms with Gasteiger partial charge in [0.25, 0.3) is 0 Å². The zero-order chi connectivity index (χ0) is 12.5. The van der Waals surface area contributed by atoms with Crippen LogP contribution in [-0.4, -0.2) is 19.3 Å². The number of hydrogen-bond donors (Lipinski definition) is 1. The highest BCUT2D eigenvalue weighted by Crippen LogP contribution is 2.38. The summed E-state index contributed by atoms with van der Waals surface area (Å²) in [5, 5.41) is 0. The summed E-state index contributed by atoms with van der Waals surface area (Å²) in [6.07, 6.45) is 2.95. The van der Waals surface area contributed by atoms with Crippen LogP contribution in [-0.2, 0) is 4.74 Å². The molecule has 0 amide bonds. The average molecular weight is 251 g/mol. The molecule has 98 valence electrons. The molecule has 4 heteroatoms. The minimum Gasteiger partial charge on any atom is -0.490 e. The van der Waals surface area contributed by atoms with Gasteiger partial charge in [-0.2, -0.15) is 0 Å². The monoisotopic (exact) mass is 251 g/mol. The Balaban J connectivity index is 1.80. The summed E-state index contributed by atoms with van der Waals surface area (Å²) in [5.41, 5.74) is 6.92. The van der Waals surface area contributed by atoms with E-state index in [4.69, 9.17) is 15.2 Å². The maximum absolute atomic E-state index is 13.2. The molecule has 2 aliphatic heterocycles. The lowest BCUT2D eigenvalue weighted by atomic mass is 9.86. The normalized spacial score (nSPS) is 28.6. The molecule has 0 aromatic heterocycles. The molecule has 3 nitrogen and oxygen atoms in total. The second-order valence-corrected chi connectivity index (χ2v) is 5.13. The van der Waals surface area contributed by atoms with Gasteiger partial charge in [-0.25, -0.2) is 4.39 Å². The molecule has 2 heterocycles. The Labute approximate surface area is 106 Å². The van der Waals surface area contributed by atoms with Crippen LogP contribution in [0.3, 0.4) is 0 Å². The predicted molar refractivity (Wildman–Crippen MR) is 65.9 cm³/mol. The van der Waals surface area contributed by atoms with Gasteiger partial charge in [0.15, 0.2) is 0 Å². The molecular weight excluding hydrogens is 233 g/mol. The molecule has 0 bridgehead atoms. The Kier molecular flexibility index (Phi) is 3.22. The third kappa shape index (κ3) is 2.22. The topological polar surface area (TPSA) is 44.5 Å². The van der Waals surface area contributed by atoms with E-state index in [1.807, 2.05) is 0 Å². The molecule has 18 heavy (non-hydrogen) atoms. The van der Waals surface area contributed by atoms with E-state index in [2.05, 4.69) is 0 Å². The van der Waals surface area contributed by atoms with E-state index < -0.39 is 0 Å². The highest BCUT2D eigenvalue weighted by Gasteiger charge is 2.32. The summed E-state index contributed by atoms with van der Waals surface area (Å²) in [6, 6.07) is 4.48. The van der Waals surface area contributed by atoms with Crippen molar-refractivity contribution in [1.82, 2.24) is 0 Å². The summed E-state index contributed by atoms with van der Waals surface area (Å²) in [5.74, 6) is 0.993. The first-order valence-corrected chi connectivity index (χ1v) is 6.53. The fourth-order valence-corrected chi connectivity index (χ4v) is 2.88. The Morgan fingerprint density at radius 3 is 2.78 bits per heavy atom. The second-order valence-electron chi connectivity index (χ2n) is 5.13. The summed E-state index contributed by atoms with van der Waals surface area (Å²) >= 11 is 0. The molecule has 2 unspecified atom stereocenters. The smallest absolute Gasteiger partial charge is 0.124 e. The molecule has 0 saturated carbocycles. The molecule has 0 radical (unpaired) electrons. The standard InChI is InChI=1S/C14H18FNO2/c15-10-1-2-13-11(7-10)12(16)8-14(18-13)9-3-5-17-6-4-9/h1-2,7,9,12,14H,3-6,8,16H2. The van der Waals surface area contributed by atoms with Gasteiger partial charge in [0, 0.05) is 37.2 Å². The molecule has 2 aliphatic rings. The van der Waals surface area contributed by atoms with E-state index in [0.29, 0.717) is 5.92 Å². The van der Waals surface area contributed by atoms with Crippen molar-refractivity contribution in [2.45, 2.75) is 31.4 Å². The zero-order valence-electron chi connectivity index (χ0n) is 10.3. The zero-order valence-corrected chi connectivity index (χ0v) is 10.3. The number of hydrogen-bond acceptors (Lipinski definition) is 3. The molecule has 1 aromatic rings. The van der Waals surface area contributed by atoms with Crippen LogP contribution in [0.15, 0.2) is 18.2 Å². The lowest BCUT2D eigenvalue weighted by molar-refractivity contribution is 0.00724. The van der Waals surface area contributed by atoms with E-state index in [1.165, 1.54) is 12.1 Å². The molecule has 3 rings (SSSR count). The maximum atomic E-state index is 13.2. The van der Waals surface area contributed by atoms with Crippen LogP contribution in [0.1, 0.15) is 30.9 Å². The van der Waals surface area contributed by atoms with Gasteiger partial charge in [-0.3, -0.25) is 0 Å². The average Bonchev–Trinajstić information content (AvgIpc) is 2.40. The third-order valence-electron chi connectivity index (χ3n) is 3.93. The van der Waals surface area contributed by atoms with E-state index in [-0.39, 0.29) is 18.0 Å². The molecule has 1 fully saturated rings. The van der Waals surface area contributed by atoms with Gasteiger partial charge < -0.3 is 15.2 Å². The van der Waals surface area contributed by atoms with Crippen LogP contribution in [0.25, 0.3) is 0 Å². The number of benzene rings is 1. The molecule has 2 atom stereocenters. The van der Waals surface area contributed by atoms with Crippen LogP contribution in [0, 0.1) is 11.7 Å². The van der Waals surface area contributed by atoms with Crippen molar-refractivity contribution < 1.29 is 13.9 Å². The number of ether oxygens (including phenoxy) is 2. The molecule has 1 saturated heterocycles. The summed E-state index contributed by atoms with van der Waals surface area (Å²) in [4.78, 5) is 0. The quantitative estimate of drug-likeness (QED) is 0.833. The highest BCUT2D eigenvalue weighted by atomic mass is 19.1. The van der Waals surface area contributed by atoms with Gasteiger partial charge in [-0.15, -0.1) is 0 Å². The fraction of sp³-hybridized carbons (Fsp3) is 0.571. The first-order chi connectivity index (χ1) is 8.74. The van der Waals surface area contributed by atoms with Gasteiger partial charge in [0.2, 0.25) is 0 Å². The number of nitrogens with two attached hydrogens (primary N) is 1. The first-order valence-electron chi connectivity index (χ1n) is 6.53. The fourth-order valence-electron chi connectivity index (χ4n) is 2.88. The van der Waals surface area contributed by atoms with Crippen LogP contribution in [0.4, 0.5) is 4.39 Å². The molecule has 0 spiro atoms. The van der Waals surface area contributed by atoms with E-state index in [9.17, 15) is 4.39 Å². The van der Waals surface area contributed by atoms with Crippen LogP contribution < -0.4 is 10.5 Å². The van der Waals surface area contributed by atoms with Crippen molar-refractivity contribution in [2.75, 3.05) is 13.2 Å². The van der Waals surface area contributed by atoms with E-state index >= 15 is 0 Å². The van der Waals surface area contributed by atoms with Crippen molar-refractivity contribution in [2.24, 2.45) is 11.7 Å². The Hall–Kier alpha value is -1.13. The number of halogens is 1. The van der Waals surface area contributed by atoms with Gasteiger partial charge in [0.1, 0.15) is 17.7 Å². The maximum Gasteiger partial charge on any atom is 0.124 e. The van der Waals surface area contributed by atoms with Crippen molar-refractivity contribution in [3.05, 3.63) is 29.6 Å². The van der Waals surface area contributed by atoms with Crippen LogP contribution in [0.2, 0.25) is 0 Å². The van der Waals surface area contributed by atoms with Crippen molar-refractivity contribution in [3.63, 3.8) is 0 Å². The molecule has 0 aliphatic carbocycles. The third-order valence-corrected chi connectivity index (χ3v) is 3.93. The van der Waals surface area contributed by atoms with Crippen LogP contribution in [0.5, 0.6) is 5.75 Å². The second kappa shape index (κ2) is 4.86. The first kappa shape index (κ1) is 11.9. The van der Waals surface area contributed by atoms with Gasteiger partial charge in [-0.05, 0) is 31.0 Å².